The Kier molecular flexibility index (Phi) is 9.11. The molecule has 2 fully saturated rings. The van der Waals surface area contributed by atoms with E-state index < -0.39 is 5.60 Å². The van der Waals surface area contributed by atoms with Gasteiger partial charge in [0.15, 0.2) is 0 Å². The summed E-state index contributed by atoms with van der Waals surface area (Å²) in [4.78, 5) is 30.6. The number of nitrogens with zero attached hydrogens (tertiary/aromatic N) is 3. The number of hydrogen-bond acceptors (Lipinski definition) is 7. The molecule has 1 aliphatic carbocycles. The van der Waals surface area contributed by atoms with Gasteiger partial charge in [0, 0.05) is 42.8 Å². The molecular formula is C32H36ClN5O5. The molecule has 2 N–H and O–H groups in total. The zero-order valence-electron chi connectivity index (χ0n) is 24.6. The normalized spacial score (nSPS) is 15.5. The van der Waals surface area contributed by atoms with E-state index in [4.69, 9.17) is 25.8 Å². The van der Waals surface area contributed by atoms with E-state index in [0.29, 0.717) is 70.0 Å². The molecule has 226 valence electrons. The van der Waals surface area contributed by atoms with Crippen molar-refractivity contribution in [2.24, 2.45) is 5.92 Å². The van der Waals surface area contributed by atoms with Gasteiger partial charge >= 0.3 is 12.1 Å². The number of carbonyl (C=O) groups excluding carboxylic acids is 2. The number of nitriles is 1. The highest BCUT2D eigenvalue weighted by atomic mass is 35.5. The molecule has 1 saturated carbocycles. The summed E-state index contributed by atoms with van der Waals surface area (Å²) in [5.74, 6) is 1.87. The highest BCUT2D eigenvalue weighted by Crippen LogP contribution is 2.35. The van der Waals surface area contributed by atoms with Gasteiger partial charge in [-0.15, -0.1) is 0 Å². The average molecular weight is 606 g/mol. The second-order valence-electron chi connectivity index (χ2n) is 12.0. The molecule has 2 aromatic carbocycles. The van der Waals surface area contributed by atoms with Crippen LogP contribution < -0.4 is 20.1 Å². The van der Waals surface area contributed by atoms with E-state index in [-0.39, 0.29) is 18.2 Å². The first kappa shape index (κ1) is 30.2. The molecule has 2 aliphatic rings. The van der Waals surface area contributed by atoms with Crippen molar-refractivity contribution in [1.82, 2.24) is 15.2 Å². The summed E-state index contributed by atoms with van der Waals surface area (Å²) in [5.41, 5.74) is 0.977. The maximum atomic E-state index is 12.3. The number of likely N-dealkylation sites (tertiary alicyclic amines) is 1. The smallest absolute Gasteiger partial charge is 0.410 e. The first-order chi connectivity index (χ1) is 20.6. The third kappa shape index (κ3) is 8.20. The fraction of sp³-hybridized carbons (Fsp3) is 0.438. The number of pyridine rings is 1. The van der Waals surface area contributed by atoms with Gasteiger partial charge in [-0.3, -0.25) is 4.98 Å². The zero-order valence-corrected chi connectivity index (χ0v) is 25.4. The minimum atomic E-state index is -0.506. The predicted octanol–water partition coefficient (Wildman–Crippen LogP) is 7.25. The van der Waals surface area contributed by atoms with E-state index in [9.17, 15) is 14.9 Å². The molecule has 0 unspecified atom stereocenters. The number of urea groups is 1. The van der Waals surface area contributed by atoms with Gasteiger partial charge in [-0.25, -0.2) is 9.59 Å². The summed E-state index contributed by atoms with van der Waals surface area (Å²) in [6.45, 7) is 7.37. The monoisotopic (exact) mass is 605 g/mol. The lowest BCUT2D eigenvalue weighted by atomic mass is 9.94. The average Bonchev–Trinajstić information content (AvgIpc) is 3.77. The van der Waals surface area contributed by atoms with Crippen LogP contribution in [0.15, 0.2) is 42.6 Å². The van der Waals surface area contributed by atoms with Gasteiger partial charge in [-0.05, 0) is 83.1 Å². The Labute approximate surface area is 256 Å². The van der Waals surface area contributed by atoms with Crippen LogP contribution in [0.3, 0.4) is 0 Å². The Balaban J connectivity index is 1.19. The molecule has 0 bridgehead atoms. The van der Waals surface area contributed by atoms with Crippen LogP contribution in [0.5, 0.6) is 17.2 Å². The number of amides is 3. The van der Waals surface area contributed by atoms with Crippen molar-refractivity contribution in [3.8, 4) is 23.3 Å². The maximum absolute atomic E-state index is 12.3. The highest BCUT2D eigenvalue weighted by Gasteiger charge is 2.27. The minimum Gasteiger partial charge on any atom is -0.492 e. The molecule has 2 heterocycles. The molecule has 1 aromatic heterocycles. The number of ether oxygens (including phenoxy) is 3. The van der Waals surface area contributed by atoms with E-state index in [1.54, 1.807) is 47.5 Å². The van der Waals surface area contributed by atoms with Crippen molar-refractivity contribution in [2.45, 2.75) is 64.5 Å². The van der Waals surface area contributed by atoms with Crippen LogP contribution in [0.25, 0.3) is 10.9 Å². The van der Waals surface area contributed by atoms with Gasteiger partial charge in [0.05, 0.1) is 28.4 Å². The van der Waals surface area contributed by atoms with Gasteiger partial charge < -0.3 is 29.7 Å². The van der Waals surface area contributed by atoms with Crippen LogP contribution >= 0.6 is 11.6 Å². The summed E-state index contributed by atoms with van der Waals surface area (Å²) >= 11 is 6.41. The molecule has 0 spiro atoms. The number of halogens is 1. The van der Waals surface area contributed by atoms with Gasteiger partial charge in [0.2, 0.25) is 0 Å². The number of benzene rings is 2. The number of fused-ring (bicyclic) bond motifs is 1. The molecule has 5 rings (SSSR count). The van der Waals surface area contributed by atoms with Crippen molar-refractivity contribution in [1.29, 1.82) is 5.26 Å². The number of anilines is 1. The van der Waals surface area contributed by atoms with Crippen LogP contribution in [0.4, 0.5) is 15.3 Å². The van der Waals surface area contributed by atoms with Crippen LogP contribution in [0.1, 0.15) is 58.4 Å². The third-order valence-electron chi connectivity index (χ3n) is 7.30. The summed E-state index contributed by atoms with van der Waals surface area (Å²) in [6.07, 6.45) is 5.92. The van der Waals surface area contributed by atoms with Gasteiger partial charge in [-0.1, -0.05) is 11.6 Å². The third-order valence-corrected chi connectivity index (χ3v) is 7.62. The Hall–Kier alpha value is -4.23. The highest BCUT2D eigenvalue weighted by molar-refractivity contribution is 6.33. The number of hydrogen-bond donors (Lipinski definition) is 2. The Morgan fingerprint density at radius 2 is 1.86 bits per heavy atom. The molecule has 43 heavy (non-hydrogen) atoms. The van der Waals surface area contributed by atoms with Crippen molar-refractivity contribution in [3.05, 3.63) is 53.2 Å². The fourth-order valence-electron chi connectivity index (χ4n) is 4.87. The largest absolute Gasteiger partial charge is 0.492 e. The van der Waals surface area contributed by atoms with E-state index in [2.05, 4.69) is 21.7 Å². The number of piperidine rings is 1. The Morgan fingerprint density at radius 3 is 2.53 bits per heavy atom. The first-order valence-corrected chi connectivity index (χ1v) is 14.9. The van der Waals surface area contributed by atoms with E-state index >= 15 is 0 Å². The number of carbonyl (C=O) groups is 2. The molecular weight excluding hydrogens is 570 g/mol. The van der Waals surface area contributed by atoms with Crippen LogP contribution in [-0.2, 0) is 4.74 Å². The molecule has 10 nitrogen and oxygen atoms in total. The molecule has 1 aliphatic heterocycles. The van der Waals surface area contributed by atoms with Crippen molar-refractivity contribution in [2.75, 3.05) is 25.0 Å². The van der Waals surface area contributed by atoms with Crippen molar-refractivity contribution < 1.29 is 23.8 Å². The molecule has 1 saturated heterocycles. The maximum Gasteiger partial charge on any atom is 0.410 e. The second kappa shape index (κ2) is 13.0. The Bertz CT molecular complexity index is 1540. The van der Waals surface area contributed by atoms with Crippen molar-refractivity contribution in [3.63, 3.8) is 0 Å². The van der Waals surface area contributed by atoms with Crippen LogP contribution in [-0.4, -0.2) is 53.3 Å². The molecule has 11 heteroatoms. The van der Waals surface area contributed by atoms with Crippen molar-refractivity contribution >= 4 is 40.3 Å². The topological polar surface area (TPSA) is 126 Å². The SMILES string of the molecule is CC(C)(C)OC(=O)N1CCC(CCOc2cc3nccc(Oc4ccc(NC(=O)NC5CC5)c(Cl)c4)c3cc2C#N)CC1. The lowest BCUT2D eigenvalue weighted by molar-refractivity contribution is 0.0177. The standard InChI is InChI=1S/C32H36ClN5O5/c1-32(2,3)43-31(40)38-13-9-20(10-14-38)11-15-41-29-18-27-24(16-21(29)19-34)28(8-12-35-27)42-23-6-7-26(25(33)17-23)37-30(39)36-22-4-5-22/h6-8,12,16-18,20,22H,4-5,9-11,13-15H2,1-3H3,(H2,36,37,39). The number of nitrogens with one attached hydrogen (secondary N) is 2. The second-order valence-corrected chi connectivity index (χ2v) is 12.4. The zero-order chi connectivity index (χ0) is 30.6. The molecule has 3 aromatic rings. The minimum absolute atomic E-state index is 0.237. The molecule has 0 radical (unpaired) electrons. The Morgan fingerprint density at radius 1 is 1.09 bits per heavy atom. The first-order valence-electron chi connectivity index (χ1n) is 14.6. The van der Waals surface area contributed by atoms with Gasteiger partial charge in [-0.2, -0.15) is 5.26 Å². The number of aromatic nitrogens is 1. The summed E-state index contributed by atoms with van der Waals surface area (Å²) in [6, 6.07) is 12.4. The van der Waals surface area contributed by atoms with E-state index in [0.717, 1.165) is 32.1 Å². The quantitative estimate of drug-likeness (QED) is 0.277. The fourth-order valence-corrected chi connectivity index (χ4v) is 5.09. The lowest BCUT2D eigenvalue weighted by Gasteiger charge is -2.33. The van der Waals surface area contributed by atoms with E-state index in [1.165, 1.54) is 0 Å². The van der Waals surface area contributed by atoms with Gasteiger partial charge in [0.25, 0.3) is 0 Å². The van der Waals surface area contributed by atoms with Gasteiger partial charge in [0.1, 0.15) is 28.9 Å². The molecule has 3 amide bonds. The molecule has 0 atom stereocenters. The van der Waals surface area contributed by atoms with Crippen LogP contribution in [0, 0.1) is 17.2 Å². The number of rotatable bonds is 8. The summed E-state index contributed by atoms with van der Waals surface area (Å²) < 4.78 is 17.7. The summed E-state index contributed by atoms with van der Waals surface area (Å²) in [7, 11) is 0. The lowest BCUT2D eigenvalue weighted by Crippen LogP contribution is -2.41. The van der Waals surface area contributed by atoms with E-state index in [1.807, 2.05) is 20.8 Å². The summed E-state index contributed by atoms with van der Waals surface area (Å²) in [5, 5.41) is 16.5. The predicted molar refractivity (Wildman–Crippen MR) is 164 cm³/mol. The van der Waals surface area contributed by atoms with Crippen LogP contribution in [0.2, 0.25) is 5.02 Å².